The maximum Gasteiger partial charge on any atom is 0.321 e. The van der Waals surface area contributed by atoms with Crippen LogP contribution in [0.3, 0.4) is 0 Å². The predicted octanol–water partition coefficient (Wildman–Crippen LogP) is 3.85. The van der Waals surface area contributed by atoms with Crippen molar-refractivity contribution in [3.05, 3.63) is 36.0 Å². The topological polar surface area (TPSA) is 89.7 Å². The van der Waals surface area contributed by atoms with E-state index >= 15 is 0 Å². The summed E-state index contributed by atoms with van der Waals surface area (Å²) in [5.74, 6) is 2.77. The fourth-order valence-corrected chi connectivity index (χ4v) is 3.64. The summed E-state index contributed by atoms with van der Waals surface area (Å²) in [6.45, 7) is 5.19. The third-order valence-corrected chi connectivity index (χ3v) is 5.49. The molecular weight excluding hydrogens is 384 g/mol. The molecule has 1 saturated heterocycles. The summed E-state index contributed by atoms with van der Waals surface area (Å²) in [5, 5.41) is 7.06. The lowest BCUT2D eigenvalue weighted by Gasteiger charge is -2.31. The molecule has 2 heterocycles. The summed E-state index contributed by atoms with van der Waals surface area (Å²) in [5.41, 5.74) is 0.678. The number of hydrogen-bond acceptors (Lipinski definition) is 6. The molecule has 1 saturated carbocycles. The molecule has 2 aliphatic rings. The molecule has 1 atom stereocenters. The van der Waals surface area contributed by atoms with Crippen LogP contribution in [0.15, 0.2) is 28.8 Å². The first-order valence-corrected chi connectivity index (χ1v) is 10.9. The van der Waals surface area contributed by atoms with Crippen molar-refractivity contribution in [3.8, 4) is 5.75 Å². The fraction of sp³-hybridized carbons (Fsp3) is 0.591. The van der Waals surface area contributed by atoms with Crippen molar-refractivity contribution in [1.82, 2.24) is 15.0 Å². The molecule has 1 aliphatic carbocycles. The van der Waals surface area contributed by atoms with Gasteiger partial charge in [0, 0.05) is 26.1 Å². The molecule has 1 aromatic heterocycles. The average molecular weight is 415 g/mol. The van der Waals surface area contributed by atoms with Crippen molar-refractivity contribution in [2.24, 2.45) is 5.92 Å². The zero-order chi connectivity index (χ0) is 20.8. The molecule has 1 unspecified atom stereocenters. The van der Waals surface area contributed by atoms with Gasteiger partial charge in [0.25, 0.3) is 0 Å². The van der Waals surface area contributed by atoms with Crippen LogP contribution in [0.2, 0.25) is 0 Å². The van der Waals surface area contributed by atoms with E-state index in [4.69, 9.17) is 14.0 Å². The van der Waals surface area contributed by atoms with Crippen molar-refractivity contribution in [3.63, 3.8) is 0 Å². The van der Waals surface area contributed by atoms with Crippen molar-refractivity contribution in [2.75, 3.05) is 38.2 Å². The molecule has 8 heteroatoms. The SMILES string of the molecule is CCOc1ccccc1NC(=O)N1CCCC(c2nc(CCOCC3CC3)no2)C1. The first-order valence-electron chi connectivity index (χ1n) is 10.9. The molecule has 1 aliphatic heterocycles. The van der Waals surface area contributed by atoms with Gasteiger partial charge in [-0.15, -0.1) is 0 Å². The van der Waals surface area contributed by atoms with Crippen LogP contribution in [-0.4, -0.2) is 54.0 Å². The van der Waals surface area contributed by atoms with E-state index in [9.17, 15) is 4.79 Å². The van der Waals surface area contributed by atoms with E-state index in [0.717, 1.165) is 25.4 Å². The Bertz CT molecular complexity index is 836. The summed E-state index contributed by atoms with van der Waals surface area (Å²) in [7, 11) is 0. The van der Waals surface area contributed by atoms with Gasteiger partial charge >= 0.3 is 6.03 Å². The molecule has 1 aromatic carbocycles. The number of nitrogens with one attached hydrogen (secondary N) is 1. The van der Waals surface area contributed by atoms with E-state index in [2.05, 4.69) is 15.5 Å². The molecule has 2 fully saturated rings. The van der Waals surface area contributed by atoms with Crippen LogP contribution in [0.5, 0.6) is 5.75 Å². The minimum atomic E-state index is -0.139. The zero-order valence-corrected chi connectivity index (χ0v) is 17.5. The van der Waals surface area contributed by atoms with Gasteiger partial charge in [-0.05, 0) is 50.7 Å². The average Bonchev–Trinajstić information content (AvgIpc) is 3.48. The second-order valence-corrected chi connectivity index (χ2v) is 7.96. The van der Waals surface area contributed by atoms with E-state index in [0.29, 0.717) is 55.9 Å². The van der Waals surface area contributed by atoms with Crippen molar-refractivity contribution in [1.29, 1.82) is 0 Å². The largest absolute Gasteiger partial charge is 0.492 e. The third-order valence-electron chi connectivity index (χ3n) is 5.49. The number of benzene rings is 1. The van der Waals surface area contributed by atoms with Crippen LogP contribution in [0.1, 0.15) is 50.2 Å². The lowest BCUT2D eigenvalue weighted by Crippen LogP contribution is -2.41. The number of likely N-dealkylation sites (tertiary alicyclic amines) is 1. The second kappa shape index (κ2) is 9.93. The van der Waals surface area contributed by atoms with E-state index in [1.165, 1.54) is 12.8 Å². The maximum absolute atomic E-state index is 12.8. The van der Waals surface area contributed by atoms with Gasteiger partial charge in [0.1, 0.15) is 5.75 Å². The molecule has 2 aromatic rings. The zero-order valence-electron chi connectivity index (χ0n) is 17.5. The number of ether oxygens (including phenoxy) is 2. The van der Waals surface area contributed by atoms with Crippen molar-refractivity contribution >= 4 is 11.7 Å². The highest BCUT2D eigenvalue weighted by atomic mass is 16.5. The number of hydrogen-bond donors (Lipinski definition) is 1. The number of anilines is 1. The van der Waals surface area contributed by atoms with Gasteiger partial charge in [0.2, 0.25) is 5.89 Å². The second-order valence-electron chi connectivity index (χ2n) is 7.96. The van der Waals surface area contributed by atoms with Gasteiger partial charge in [-0.25, -0.2) is 4.79 Å². The van der Waals surface area contributed by atoms with Crippen LogP contribution in [0.4, 0.5) is 10.5 Å². The molecule has 1 N–H and O–H groups in total. The number of amides is 2. The van der Waals surface area contributed by atoms with Gasteiger partial charge in [-0.3, -0.25) is 0 Å². The summed E-state index contributed by atoms with van der Waals surface area (Å²) in [6, 6.07) is 7.33. The Balaban J connectivity index is 1.30. The summed E-state index contributed by atoms with van der Waals surface area (Å²) in [4.78, 5) is 19.2. The van der Waals surface area contributed by atoms with Gasteiger partial charge in [-0.1, -0.05) is 17.3 Å². The van der Waals surface area contributed by atoms with Crippen LogP contribution < -0.4 is 10.1 Å². The van der Waals surface area contributed by atoms with Crippen molar-refractivity contribution < 1.29 is 18.8 Å². The van der Waals surface area contributed by atoms with Crippen LogP contribution in [0.25, 0.3) is 0 Å². The monoisotopic (exact) mass is 414 g/mol. The Kier molecular flexibility index (Phi) is 6.84. The van der Waals surface area contributed by atoms with Crippen LogP contribution >= 0.6 is 0 Å². The van der Waals surface area contributed by atoms with Gasteiger partial charge < -0.3 is 24.2 Å². The molecule has 0 bridgehead atoms. The molecule has 30 heavy (non-hydrogen) atoms. The highest BCUT2D eigenvalue weighted by molar-refractivity contribution is 5.91. The molecular formula is C22H30N4O4. The molecule has 8 nitrogen and oxygen atoms in total. The Hall–Kier alpha value is -2.61. The number of piperidine rings is 1. The third kappa shape index (κ3) is 5.50. The van der Waals surface area contributed by atoms with Gasteiger partial charge in [-0.2, -0.15) is 4.98 Å². The Labute approximate surface area is 176 Å². The van der Waals surface area contributed by atoms with Gasteiger partial charge in [0.15, 0.2) is 5.82 Å². The lowest BCUT2D eigenvalue weighted by atomic mass is 9.98. The molecule has 4 rings (SSSR count). The molecule has 2 amide bonds. The van der Waals surface area contributed by atoms with E-state index < -0.39 is 0 Å². The maximum atomic E-state index is 12.8. The fourth-order valence-electron chi connectivity index (χ4n) is 3.64. The highest BCUT2D eigenvalue weighted by Gasteiger charge is 2.29. The summed E-state index contributed by atoms with van der Waals surface area (Å²) >= 11 is 0. The van der Waals surface area contributed by atoms with E-state index in [1.54, 1.807) is 4.90 Å². The first kappa shape index (κ1) is 20.7. The predicted molar refractivity (Wildman–Crippen MR) is 112 cm³/mol. The molecule has 162 valence electrons. The van der Waals surface area contributed by atoms with E-state index in [-0.39, 0.29) is 11.9 Å². The van der Waals surface area contributed by atoms with Crippen molar-refractivity contribution in [2.45, 2.75) is 44.9 Å². The number of urea groups is 1. The smallest absolute Gasteiger partial charge is 0.321 e. The standard InChI is InChI=1S/C22H30N4O4/c1-2-29-19-8-4-3-7-18(19)23-22(27)26-12-5-6-17(14-26)21-24-20(25-30-21)11-13-28-15-16-9-10-16/h3-4,7-8,16-17H,2,5-6,9-15H2,1H3,(H,23,27). The molecule has 0 radical (unpaired) electrons. The number of carbonyl (C=O) groups is 1. The number of para-hydroxylation sites is 2. The van der Waals surface area contributed by atoms with Gasteiger partial charge in [0.05, 0.1) is 24.8 Å². The summed E-state index contributed by atoms with van der Waals surface area (Å²) < 4.78 is 16.8. The lowest BCUT2D eigenvalue weighted by molar-refractivity contribution is 0.125. The molecule has 0 spiro atoms. The Morgan fingerprint density at radius 3 is 3.00 bits per heavy atom. The number of nitrogens with zero attached hydrogens (tertiary/aromatic N) is 3. The van der Waals surface area contributed by atoms with Crippen LogP contribution in [0, 0.1) is 5.92 Å². The first-order chi connectivity index (χ1) is 14.7. The highest BCUT2D eigenvalue weighted by Crippen LogP contribution is 2.29. The number of aromatic nitrogens is 2. The minimum Gasteiger partial charge on any atom is -0.492 e. The summed E-state index contributed by atoms with van der Waals surface area (Å²) in [6.07, 6.45) is 5.05. The normalized spacial score (nSPS) is 19.0. The number of rotatable bonds is 9. The minimum absolute atomic E-state index is 0.0558. The Morgan fingerprint density at radius 2 is 2.17 bits per heavy atom. The number of carbonyl (C=O) groups excluding carboxylic acids is 1. The quantitative estimate of drug-likeness (QED) is 0.627. The van der Waals surface area contributed by atoms with E-state index in [1.807, 2.05) is 31.2 Å². The van der Waals surface area contributed by atoms with Crippen LogP contribution in [-0.2, 0) is 11.2 Å². The Morgan fingerprint density at radius 1 is 1.30 bits per heavy atom.